The number of anilines is 1. The van der Waals surface area contributed by atoms with E-state index in [0.29, 0.717) is 51.6 Å². The molecule has 2 N–H and O–H groups in total. The number of carbonyl (C=O) groups is 2. The van der Waals surface area contributed by atoms with Gasteiger partial charge in [0.15, 0.2) is 12.3 Å². The van der Waals surface area contributed by atoms with E-state index in [-0.39, 0.29) is 36.4 Å². The van der Waals surface area contributed by atoms with Crippen LogP contribution in [0.3, 0.4) is 0 Å². The van der Waals surface area contributed by atoms with Crippen LogP contribution in [-0.4, -0.2) is 80.4 Å². The number of nitrogens with zero attached hydrogens (tertiary/aromatic N) is 7. The van der Waals surface area contributed by atoms with Crippen LogP contribution in [0, 0.1) is 11.3 Å². The summed E-state index contributed by atoms with van der Waals surface area (Å²) in [5, 5.41) is 6.17. The first-order chi connectivity index (χ1) is 22.7. The van der Waals surface area contributed by atoms with Gasteiger partial charge in [-0.3, -0.25) is 19.4 Å². The molecule has 3 fully saturated rings. The summed E-state index contributed by atoms with van der Waals surface area (Å²) in [5.74, 6) is 0.462. The topological polar surface area (TPSA) is 142 Å². The van der Waals surface area contributed by atoms with Gasteiger partial charge in [-0.25, -0.2) is 19.6 Å². The maximum Gasteiger partial charge on any atom is 0.265 e. The van der Waals surface area contributed by atoms with Crippen molar-refractivity contribution in [2.75, 3.05) is 37.8 Å². The van der Waals surface area contributed by atoms with Gasteiger partial charge in [-0.2, -0.15) is 5.10 Å². The first-order valence-corrected chi connectivity index (χ1v) is 16.6. The number of primary amides is 1. The molecule has 2 amide bonds. The standard InChI is InChI=1S/C34H37ClN8O4/c1-19(2)9-24-31(32(36)45)30(20-3-4-25-26(10-20)47-17-29(44)42(25)14-28-37-11-21(35)12-38-28)23-13-39-43(33(23)40-24)27-5-8-41(22-15-46-16-22)18-34(27)6-7-34/h3-4,10-13,19,22,27H,5-9,14-18H2,1-2H3,(H2,36,45). The molecule has 13 heteroatoms. The summed E-state index contributed by atoms with van der Waals surface area (Å²) < 4.78 is 13.6. The molecule has 1 saturated carbocycles. The Kier molecular flexibility index (Phi) is 7.42. The normalized spacial score (nSPS) is 20.8. The van der Waals surface area contributed by atoms with E-state index < -0.39 is 5.91 Å². The number of hydrogen-bond acceptors (Lipinski definition) is 9. The Labute approximate surface area is 277 Å². The maximum absolute atomic E-state index is 13.2. The zero-order chi connectivity index (χ0) is 32.4. The Bertz CT molecular complexity index is 1890. The second kappa shape index (κ2) is 11.5. The number of benzene rings is 1. The molecule has 1 aliphatic carbocycles. The SMILES string of the molecule is CC(C)Cc1nc2c(cnn2C2CCN(C3COC3)CC23CC3)c(-c2ccc3c(c2)OCC(=O)N3Cc2ncc(Cl)cn2)c1C(N)=O. The highest BCUT2D eigenvalue weighted by Gasteiger charge is 2.55. The first kappa shape index (κ1) is 30.2. The molecule has 1 atom stereocenters. The van der Waals surface area contributed by atoms with Crippen molar-refractivity contribution in [2.45, 2.75) is 58.2 Å². The number of hydrogen-bond donors (Lipinski definition) is 1. The third-order valence-electron chi connectivity index (χ3n) is 10.1. The quantitative estimate of drug-likeness (QED) is 0.295. The maximum atomic E-state index is 13.2. The number of halogens is 1. The smallest absolute Gasteiger partial charge is 0.265 e. The first-order valence-electron chi connectivity index (χ1n) is 16.3. The zero-order valence-corrected chi connectivity index (χ0v) is 27.2. The van der Waals surface area contributed by atoms with Gasteiger partial charge in [-0.1, -0.05) is 31.5 Å². The largest absolute Gasteiger partial charge is 0.482 e. The molecule has 1 aromatic carbocycles. The second-order valence-electron chi connectivity index (χ2n) is 13.7. The van der Waals surface area contributed by atoms with Crippen molar-refractivity contribution < 1.29 is 19.1 Å². The molecule has 12 nitrogen and oxygen atoms in total. The van der Waals surface area contributed by atoms with Crippen LogP contribution in [0.25, 0.3) is 22.2 Å². The molecule has 6 heterocycles. The van der Waals surface area contributed by atoms with E-state index in [2.05, 4.69) is 33.4 Å². The lowest BCUT2D eigenvalue weighted by atomic mass is 9.87. The molecule has 244 valence electrons. The Morgan fingerprint density at radius 3 is 2.64 bits per heavy atom. The molecule has 3 aliphatic heterocycles. The molecule has 4 aliphatic rings. The van der Waals surface area contributed by atoms with E-state index in [4.69, 9.17) is 36.9 Å². The number of fused-ring (bicyclic) bond motifs is 2. The Morgan fingerprint density at radius 1 is 1.17 bits per heavy atom. The summed E-state index contributed by atoms with van der Waals surface area (Å²) >= 11 is 5.97. The average Bonchev–Trinajstić information content (AvgIpc) is 3.65. The fourth-order valence-electron chi connectivity index (χ4n) is 7.49. The van der Waals surface area contributed by atoms with Crippen molar-refractivity contribution in [1.82, 2.24) is 29.6 Å². The molecule has 1 unspecified atom stereocenters. The van der Waals surface area contributed by atoms with Crippen molar-refractivity contribution in [1.29, 1.82) is 0 Å². The van der Waals surface area contributed by atoms with Crippen LogP contribution < -0.4 is 15.4 Å². The van der Waals surface area contributed by atoms with Crippen LogP contribution in [-0.2, 0) is 22.5 Å². The predicted molar refractivity (Wildman–Crippen MR) is 175 cm³/mol. The van der Waals surface area contributed by atoms with E-state index >= 15 is 0 Å². The fraction of sp³-hybridized carbons (Fsp3) is 0.471. The van der Waals surface area contributed by atoms with Gasteiger partial charge in [0.2, 0.25) is 0 Å². The fourth-order valence-corrected chi connectivity index (χ4v) is 7.59. The number of aromatic nitrogens is 5. The average molecular weight is 657 g/mol. The molecule has 4 aromatic rings. The van der Waals surface area contributed by atoms with Crippen molar-refractivity contribution in [2.24, 2.45) is 17.1 Å². The molecule has 1 spiro atoms. The van der Waals surface area contributed by atoms with Crippen LogP contribution >= 0.6 is 11.6 Å². The van der Waals surface area contributed by atoms with E-state index in [1.54, 1.807) is 4.90 Å². The zero-order valence-electron chi connectivity index (χ0n) is 26.5. The van der Waals surface area contributed by atoms with Gasteiger partial charge in [0.05, 0.1) is 60.0 Å². The van der Waals surface area contributed by atoms with Crippen LogP contribution in [0.15, 0.2) is 36.8 Å². The van der Waals surface area contributed by atoms with E-state index in [1.165, 1.54) is 12.4 Å². The molecule has 0 bridgehead atoms. The Hall–Kier alpha value is -4.13. The number of pyridine rings is 1. The van der Waals surface area contributed by atoms with Crippen LogP contribution in [0.4, 0.5) is 5.69 Å². The molecule has 2 saturated heterocycles. The van der Waals surface area contributed by atoms with E-state index in [0.717, 1.165) is 62.2 Å². The Balaban J connectivity index is 1.22. The number of amides is 2. The minimum atomic E-state index is -0.539. The van der Waals surface area contributed by atoms with Gasteiger partial charge in [-0.05, 0) is 49.3 Å². The summed E-state index contributed by atoms with van der Waals surface area (Å²) in [6.45, 7) is 7.90. The molecule has 8 rings (SSSR count). The third kappa shape index (κ3) is 5.32. The van der Waals surface area contributed by atoms with Crippen molar-refractivity contribution in [3.63, 3.8) is 0 Å². The lowest BCUT2D eigenvalue weighted by molar-refractivity contribution is -0.121. The van der Waals surface area contributed by atoms with Crippen molar-refractivity contribution in [3.05, 3.63) is 58.9 Å². The highest BCUT2D eigenvalue weighted by Crippen LogP contribution is 2.58. The predicted octanol–water partition coefficient (Wildman–Crippen LogP) is 4.19. The summed E-state index contributed by atoms with van der Waals surface area (Å²) in [4.78, 5) is 44.1. The summed E-state index contributed by atoms with van der Waals surface area (Å²) in [6, 6.07) is 6.33. The van der Waals surface area contributed by atoms with Gasteiger partial charge >= 0.3 is 0 Å². The summed E-state index contributed by atoms with van der Waals surface area (Å²) in [5.41, 5.74) is 10.1. The molecular formula is C34H37ClN8O4. The monoisotopic (exact) mass is 656 g/mol. The van der Waals surface area contributed by atoms with Gasteiger partial charge in [0, 0.05) is 41.8 Å². The summed E-state index contributed by atoms with van der Waals surface area (Å²) in [7, 11) is 0. The number of carbonyl (C=O) groups excluding carboxylic acids is 2. The number of likely N-dealkylation sites (tertiary alicyclic amines) is 1. The molecule has 47 heavy (non-hydrogen) atoms. The van der Waals surface area contributed by atoms with Gasteiger partial charge in [0.25, 0.3) is 11.8 Å². The number of rotatable bonds is 8. The minimum Gasteiger partial charge on any atom is -0.482 e. The highest BCUT2D eigenvalue weighted by atomic mass is 35.5. The number of nitrogens with two attached hydrogens (primary N) is 1. The summed E-state index contributed by atoms with van der Waals surface area (Å²) in [6.07, 6.45) is 8.73. The highest BCUT2D eigenvalue weighted by molar-refractivity contribution is 6.30. The third-order valence-corrected chi connectivity index (χ3v) is 10.3. The van der Waals surface area contributed by atoms with E-state index in [1.807, 2.05) is 24.4 Å². The van der Waals surface area contributed by atoms with Crippen molar-refractivity contribution in [3.8, 4) is 16.9 Å². The molecule has 3 aromatic heterocycles. The van der Waals surface area contributed by atoms with Crippen LogP contribution in [0.1, 0.15) is 61.0 Å². The van der Waals surface area contributed by atoms with Gasteiger partial charge in [-0.15, -0.1) is 0 Å². The molecule has 0 radical (unpaired) electrons. The second-order valence-corrected chi connectivity index (χ2v) is 14.1. The van der Waals surface area contributed by atoms with Crippen LogP contribution in [0.5, 0.6) is 5.75 Å². The Morgan fingerprint density at radius 2 is 1.96 bits per heavy atom. The number of ether oxygens (including phenoxy) is 2. The minimum absolute atomic E-state index is 0.136. The van der Waals surface area contributed by atoms with Gasteiger partial charge in [0.1, 0.15) is 11.6 Å². The lowest BCUT2D eigenvalue weighted by Gasteiger charge is -2.45. The van der Waals surface area contributed by atoms with Crippen molar-refractivity contribution >= 4 is 40.1 Å². The van der Waals surface area contributed by atoms with E-state index in [9.17, 15) is 9.59 Å². The van der Waals surface area contributed by atoms with Crippen LogP contribution in [0.2, 0.25) is 5.02 Å². The molecular weight excluding hydrogens is 620 g/mol. The lowest BCUT2D eigenvalue weighted by Crippen LogP contribution is -2.55. The number of piperidine rings is 1. The van der Waals surface area contributed by atoms with Gasteiger partial charge < -0.3 is 15.2 Å².